The average molecular weight is 404 g/mol. The fourth-order valence-electron chi connectivity index (χ4n) is 2.76. The molecule has 0 unspecified atom stereocenters. The average Bonchev–Trinajstić information content (AvgIpc) is 2.89. The molecule has 2 aliphatic rings. The maximum Gasteiger partial charge on any atom is 0.410 e. The number of amides is 1. The van der Waals surface area contributed by atoms with Gasteiger partial charge in [-0.3, -0.25) is 0 Å². The zero-order valence-electron chi connectivity index (χ0n) is 14.3. The van der Waals surface area contributed by atoms with Crippen LogP contribution in [-0.4, -0.2) is 48.2 Å². The van der Waals surface area contributed by atoms with Crippen molar-refractivity contribution in [1.82, 2.24) is 10.3 Å². The van der Waals surface area contributed by atoms with Crippen molar-refractivity contribution in [3.8, 4) is 0 Å². The molecule has 0 atom stereocenters. The van der Waals surface area contributed by atoms with E-state index in [0.29, 0.717) is 5.92 Å². The molecule has 0 radical (unpaired) electrons. The van der Waals surface area contributed by atoms with Crippen LogP contribution in [0.25, 0.3) is 0 Å². The van der Waals surface area contributed by atoms with E-state index in [0.717, 1.165) is 43.8 Å². The molecule has 1 fully saturated rings. The molecule has 2 heterocycles. The number of hydrogen-bond donors (Lipinski definition) is 1. The molecule has 2 aliphatic heterocycles. The van der Waals surface area contributed by atoms with Crippen molar-refractivity contribution >= 4 is 39.5 Å². The van der Waals surface area contributed by atoms with Gasteiger partial charge >= 0.3 is 6.09 Å². The number of carbonyl (C=O) groups is 1. The van der Waals surface area contributed by atoms with Crippen LogP contribution in [0.15, 0.2) is 14.5 Å². The van der Waals surface area contributed by atoms with Crippen molar-refractivity contribution in [2.24, 2.45) is 11.0 Å². The van der Waals surface area contributed by atoms with Crippen LogP contribution in [0.3, 0.4) is 0 Å². The quantitative estimate of drug-likeness (QED) is 0.572. The van der Waals surface area contributed by atoms with E-state index >= 15 is 0 Å². The summed E-state index contributed by atoms with van der Waals surface area (Å²) in [5, 5.41) is 4.53. The second kappa shape index (κ2) is 7.92. The first-order valence-corrected chi connectivity index (χ1v) is 9.83. The number of thioether (sulfide) groups is 1. The van der Waals surface area contributed by atoms with Gasteiger partial charge in [0, 0.05) is 41.2 Å². The van der Waals surface area contributed by atoms with Crippen LogP contribution in [0, 0.1) is 5.92 Å². The molecule has 0 aromatic carbocycles. The molecule has 2 rings (SSSR count). The summed E-state index contributed by atoms with van der Waals surface area (Å²) in [5.41, 5.74) is 3.63. The first kappa shape index (κ1) is 18.6. The summed E-state index contributed by atoms with van der Waals surface area (Å²) in [6.45, 7) is 7.14. The minimum absolute atomic E-state index is 0.210. The van der Waals surface area contributed by atoms with E-state index < -0.39 is 5.60 Å². The Morgan fingerprint density at radius 2 is 2.04 bits per heavy atom. The Labute approximate surface area is 151 Å². The Kier molecular flexibility index (Phi) is 6.42. The SMILES string of the molecule is CN/N=C(/C1=C(Br)CCS1)C1CCN(C(=O)OC(C)(C)C)CC1. The Hall–Kier alpha value is -0.690. The van der Waals surface area contributed by atoms with Gasteiger partial charge in [0.2, 0.25) is 0 Å². The second-order valence-corrected chi connectivity index (χ2v) is 8.86. The molecule has 0 aromatic heterocycles. The summed E-state index contributed by atoms with van der Waals surface area (Å²) >= 11 is 5.54. The van der Waals surface area contributed by atoms with Crippen LogP contribution >= 0.6 is 27.7 Å². The Morgan fingerprint density at radius 1 is 1.39 bits per heavy atom. The zero-order valence-corrected chi connectivity index (χ0v) is 16.7. The highest BCUT2D eigenvalue weighted by Crippen LogP contribution is 2.39. The number of likely N-dealkylation sites (tertiary alicyclic amines) is 1. The number of hydrazone groups is 1. The third kappa shape index (κ3) is 5.14. The number of halogens is 1. The predicted molar refractivity (Wildman–Crippen MR) is 100 cm³/mol. The smallest absolute Gasteiger partial charge is 0.410 e. The highest BCUT2D eigenvalue weighted by molar-refractivity contribution is 9.11. The number of nitrogens with zero attached hydrogens (tertiary/aromatic N) is 2. The zero-order chi connectivity index (χ0) is 17.0. The second-order valence-electron chi connectivity index (χ2n) is 6.79. The van der Waals surface area contributed by atoms with Crippen LogP contribution in [0.1, 0.15) is 40.0 Å². The lowest BCUT2D eigenvalue weighted by Gasteiger charge is -2.34. The van der Waals surface area contributed by atoms with E-state index in [9.17, 15) is 4.79 Å². The van der Waals surface area contributed by atoms with Crippen molar-refractivity contribution in [2.45, 2.75) is 45.6 Å². The van der Waals surface area contributed by atoms with Crippen molar-refractivity contribution in [2.75, 3.05) is 25.9 Å². The number of allylic oxidation sites excluding steroid dienone is 2. The maximum atomic E-state index is 12.2. The highest BCUT2D eigenvalue weighted by Gasteiger charge is 2.32. The first-order valence-electron chi connectivity index (χ1n) is 8.06. The molecule has 23 heavy (non-hydrogen) atoms. The normalized spacial score (nSPS) is 20.9. The molecule has 0 aliphatic carbocycles. The van der Waals surface area contributed by atoms with Crippen molar-refractivity contribution < 1.29 is 9.53 Å². The summed E-state index contributed by atoms with van der Waals surface area (Å²) in [6.07, 6.45) is 2.70. The Bertz CT molecular complexity index is 506. The molecule has 5 nitrogen and oxygen atoms in total. The number of ether oxygens (including phenoxy) is 1. The van der Waals surface area contributed by atoms with Crippen molar-refractivity contribution in [1.29, 1.82) is 0 Å². The van der Waals surface area contributed by atoms with Crippen LogP contribution in [0.2, 0.25) is 0 Å². The standard InChI is InChI=1S/C16H26BrN3O2S/c1-16(2,3)22-15(21)20-8-5-11(6-9-20)13(19-18-4)14-12(17)7-10-23-14/h11,18H,5-10H2,1-4H3/b19-13+. The molecule has 7 heteroatoms. The lowest BCUT2D eigenvalue weighted by Crippen LogP contribution is -2.43. The summed E-state index contributed by atoms with van der Waals surface area (Å²) in [5.74, 6) is 1.49. The molecule has 0 saturated carbocycles. The largest absolute Gasteiger partial charge is 0.444 e. The number of carbonyl (C=O) groups excluding carboxylic acids is 1. The first-order chi connectivity index (χ1) is 10.8. The maximum absolute atomic E-state index is 12.2. The van der Waals surface area contributed by atoms with Crippen LogP contribution in [0.4, 0.5) is 4.79 Å². The Balaban J connectivity index is 1.98. The van der Waals surface area contributed by atoms with Gasteiger partial charge in [0.1, 0.15) is 5.60 Å². The summed E-state index contributed by atoms with van der Waals surface area (Å²) in [7, 11) is 1.84. The van der Waals surface area contributed by atoms with Gasteiger partial charge < -0.3 is 15.1 Å². The fourth-order valence-corrected chi connectivity index (χ4v) is 4.89. The lowest BCUT2D eigenvalue weighted by molar-refractivity contribution is 0.0202. The molecule has 1 amide bonds. The van der Waals surface area contributed by atoms with E-state index in [1.54, 1.807) is 0 Å². The number of nitrogens with one attached hydrogen (secondary N) is 1. The van der Waals surface area contributed by atoms with Crippen molar-refractivity contribution in [3.05, 3.63) is 9.39 Å². The van der Waals surface area contributed by atoms with E-state index in [-0.39, 0.29) is 6.09 Å². The van der Waals surface area contributed by atoms with E-state index in [4.69, 9.17) is 4.74 Å². The number of hydrogen-bond acceptors (Lipinski definition) is 5. The fraction of sp³-hybridized carbons (Fsp3) is 0.750. The lowest BCUT2D eigenvalue weighted by atomic mass is 9.91. The molecular formula is C16H26BrN3O2S. The van der Waals surface area contributed by atoms with Gasteiger partial charge in [-0.2, -0.15) is 5.10 Å². The van der Waals surface area contributed by atoms with Gasteiger partial charge in [-0.1, -0.05) is 15.9 Å². The van der Waals surface area contributed by atoms with E-state index in [1.807, 2.05) is 44.5 Å². The molecule has 0 aromatic rings. The third-order valence-electron chi connectivity index (χ3n) is 3.81. The number of piperidine rings is 1. The van der Waals surface area contributed by atoms with E-state index in [2.05, 4.69) is 26.5 Å². The van der Waals surface area contributed by atoms with Gasteiger partial charge in [0.25, 0.3) is 0 Å². The topological polar surface area (TPSA) is 53.9 Å². The Morgan fingerprint density at radius 3 is 2.52 bits per heavy atom. The molecular weight excluding hydrogens is 378 g/mol. The monoisotopic (exact) mass is 403 g/mol. The minimum atomic E-state index is -0.442. The predicted octanol–water partition coefficient (Wildman–Crippen LogP) is 3.95. The highest BCUT2D eigenvalue weighted by atomic mass is 79.9. The van der Waals surface area contributed by atoms with Gasteiger partial charge in [-0.05, 0) is 40.0 Å². The molecule has 0 spiro atoms. The molecule has 1 saturated heterocycles. The van der Waals surface area contributed by atoms with Crippen LogP contribution in [-0.2, 0) is 4.74 Å². The van der Waals surface area contributed by atoms with Crippen LogP contribution in [0.5, 0.6) is 0 Å². The number of rotatable bonds is 3. The van der Waals surface area contributed by atoms with Gasteiger partial charge in [-0.15, -0.1) is 11.8 Å². The summed E-state index contributed by atoms with van der Waals surface area (Å²) < 4.78 is 6.72. The van der Waals surface area contributed by atoms with Gasteiger partial charge in [0.15, 0.2) is 0 Å². The molecule has 1 N–H and O–H groups in total. The third-order valence-corrected chi connectivity index (χ3v) is 6.02. The summed E-state index contributed by atoms with van der Waals surface area (Å²) in [6, 6.07) is 0. The van der Waals surface area contributed by atoms with Gasteiger partial charge in [0.05, 0.1) is 5.71 Å². The van der Waals surface area contributed by atoms with Crippen LogP contribution < -0.4 is 5.43 Å². The van der Waals surface area contributed by atoms with Crippen molar-refractivity contribution in [3.63, 3.8) is 0 Å². The van der Waals surface area contributed by atoms with Gasteiger partial charge in [-0.25, -0.2) is 4.79 Å². The minimum Gasteiger partial charge on any atom is -0.444 e. The molecule has 0 bridgehead atoms. The summed E-state index contributed by atoms with van der Waals surface area (Å²) in [4.78, 5) is 15.2. The van der Waals surface area contributed by atoms with E-state index in [1.165, 1.54) is 9.39 Å². The molecule has 130 valence electrons.